The fourth-order valence-electron chi connectivity index (χ4n) is 1.00. The normalized spacial score (nSPS) is 9.67. The van der Waals surface area contributed by atoms with E-state index >= 15 is 0 Å². The van der Waals surface area contributed by atoms with E-state index < -0.39 is 23.9 Å². The Labute approximate surface area is 91.0 Å². The largest absolute Gasteiger partial charge is 0.477 e. The number of carboxylic acids is 1. The van der Waals surface area contributed by atoms with E-state index in [2.05, 4.69) is 0 Å². The van der Waals surface area contributed by atoms with Crippen LogP contribution < -0.4 is 0 Å². The topological polar surface area (TPSA) is 78.2 Å². The number of carbonyl (C=O) groups is 2. The van der Waals surface area contributed by atoms with Crippen molar-refractivity contribution in [1.29, 1.82) is 5.41 Å². The zero-order chi connectivity index (χ0) is 11.4. The zero-order valence-electron chi connectivity index (χ0n) is 7.66. The molecule has 4 nitrogen and oxygen atoms in total. The highest BCUT2D eigenvalue weighted by Crippen LogP contribution is 2.12. The van der Waals surface area contributed by atoms with Crippen LogP contribution in [0.5, 0.6) is 0 Å². The monoisotopic (exact) mass is 225 g/mol. The van der Waals surface area contributed by atoms with Crippen LogP contribution in [0.1, 0.15) is 16.8 Å². The third-order valence-corrected chi connectivity index (χ3v) is 1.98. The first-order chi connectivity index (χ1) is 7.00. The lowest BCUT2D eigenvalue weighted by Crippen LogP contribution is -2.16. The third kappa shape index (κ3) is 3.18. The maximum Gasteiger partial charge on any atom is 0.349 e. The van der Waals surface area contributed by atoms with Gasteiger partial charge in [0.2, 0.25) is 0 Å². The van der Waals surface area contributed by atoms with Gasteiger partial charge in [-0.2, -0.15) is 0 Å². The van der Waals surface area contributed by atoms with Gasteiger partial charge in [-0.1, -0.05) is 23.7 Å². The second-order valence-electron chi connectivity index (χ2n) is 2.89. The van der Waals surface area contributed by atoms with Gasteiger partial charge in [-0.25, -0.2) is 4.79 Å². The Kier molecular flexibility index (Phi) is 3.57. The SMILES string of the molecule is N=C(CC(=O)c1cccc(Cl)c1)C(=O)O. The van der Waals surface area contributed by atoms with Crippen LogP contribution >= 0.6 is 11.6 Å². The summed E-state index contributed by atoms with van der Waals surface area (Å²) in [6.45, 7) is 0. The predicted molar refractivity (Wildman–Crippen MR) is 55.8 cm³/mol. The lowest BCUT2D eigenvalue weighted by atomic mass is 10.1. The van der Waals surface area contributed by atoms with Crippen molar-refractivity contribution in [3.63, 3.8) is 0 Å². The van der Waals surface area contributed by atoms with Gasteiger partial charge in [0.25, 0.3) is 0 Å². The van der Waals surface area contributed by atoms with Crippen LogP contribution in [0.3, 0.4) is 0 Å². The summed E-state index contributed by atoms with van der Waals surface area (Å²) in [6, 6.07) is 6.18. The van der Waals surface area contributed by atoms with E-state index in [-0.39, 0.29) is 0 Å². The van der Waals surface area contributed by atoms with Crippen molar-refractivity contribution in [3.8, 4) is 0 Å². The average Bonchev–Trinajstić information content (AvgIpc) is 2.17. The first-order valence-corrected chi connectivity index (χ1v) is 4.48. The molecule has 0 aromatic heterocycles. The molecule has 0 radical (unpaired) electrons. The van der Waals surface area contributed by atoms with Crippen molar-refractivity contribution in [2.45, 2.75) is 6.42 Å². The Bertz CT molecular complexity index is 428. The molecule has 1 aromatic rings. The minimum absolute atomic E-state index is 0.313. The number of Topliss-reactive ketones (excluding diaryl/α,β-unsaturated/α-hetero) is 1. The van der Waals surface area contributed by atoms with Crippen molar-refractivity contribution >= 4 is 29.1 Å². The Hall–Kier alpha value is -1.68. The summed E-state index contributed by atoms with van der Waals surface area (Å²) in [7, 11) is 0. The van der Waals surface area contributed by atoms with Crippen LogP contribution in [0.4, 0.5) is 0 Å². The second kappa shape index (κ2) is 4.70. The number of benzene rings is 1. The molecule has 0 bridgehead atoms. The molecule has 15 heavy (non-hydrogen) atoms. The number of ketones is 1. The molecule has 0 saturated carbocycles. The average molecular weight is 226 g/mol. The number of hydrogen-bond acceptors (Lipinski definition) is 3. The van der Waals surface area contributed by atoms with Crippen LogP contribution in [0.15, 0.2) is 24.3 Å². The van der Waals surface area contributed by atoms with E-state index in [1.807, 2.05) is 0 Å². The van der Waals surface area contributed by atoms with Crippen LogP contribution in [0.2, 0.25) is 5.02 Å². The van der Waals surface area contributed by atoms with Crippen molar-refractivity contribution in [1.82, 2.24) is 0 Å². The molecule has 0 saturated heterocycles. The molecule has 0 spiro atoms. The van der Waals surface area contributed by atoms with E-state index in [0.717, 1.165) is 0 Å². The van der Waals surface area contributed by atoms with E-state index in [1.54, 1.807) is 12.1 Å². The number of nitrogens with one attached hydrogen (secondary N) is 1. The fourth-order valence-corrected chi connectivity index (χ4v) is 1.19. The highest BCUT2D eigenvalue weighted by atomic mass is 35.5. The molecule has 2 N–H and O–H groups in total. The summed E-state index contributed by atoms with van der Waals surface area (Å²) in [5.41, 5.74) is -0.312. The number of halogens is 1. The van der Waals surface area contributed by atoms with E-state index in [0.29, 0.717) is 10.6 Å². The van der Waals surface area contributed by atoms with Gasteiger partial charge in [0.05, 0.1) is 6.42 Å². The molecule has 0 unspecified atom stereocenters. The standard InChI is InChI=1S/C10H8ClNO3/c11-7-3-1-2-6(4-7)9(13)5-8(12)10(14)15/h1-4,12H,5H2,(H,14,15). The molecule has 1 aromatic carbocycles. The Morgan fingerprint density at radius 1 is 1.40 bits per heavy atom. The fraction of sp³-hybridized carbons (Fsp3) is 0.100. The van der Waals surface area contributed by atoms with Gasteiger partial charge in [0.15, 0.2) is 5.78 Å². The van der Waals surface area contributed by atoms with Crippen molar-refractivity contribution in [2.75, 3.05) is 0 Å². The molecule has 5 heteroatoms. The van der Waals surface area contributed by atoms with Crippen LogP contribution in [-0.2, 0) is 4.79 Å². The summed E-state index contributed by atoms with van der Waals surface area (Å²) >= 11 is 5.67. The highest BCUT2D eigenvalue weighted by molar-refractivity contribution is 6.38. The molecular formula is C10H8ClNO3. The van der Waals surface area contributed by atoms with Gasteiger partial charge in [-0.3, -0.25) is 10.2 Å². The third-order valence-electron chi connectivity index (χ3n) is 1.74. The van der Waals surface area contributed by atoms with E-state index in [1.165, 1.54) is 12.1 Å². The van der Waals surface area contributed by atoms with Crippen LogP contribution in [0, 0.1) is 5.41 Å². The van der Waals surface area contributed by atoms with Gasteiger partial charge in [-0.05, 0) is 12.1 Å². The van der Waals surface area contributed by atoms with Crippen molar-refractivity contribution in [3.05, 3.63) is 34.9 Å². The minimum Gasteiger partial charge on any atom is -0.477 e. The van der Waals surface area contributed by atoms with Gasteiger partial charge in [0, 0.05) is 10.6 Å². The lowest BCUT2D eigenvalue weighted by molar-refractivity contribution is -0.129. The van der Waals surface area contributed by atoms with Crippen molar-refractivity contribution < 1.29 is 14.7 Å². The predicted octanol–water partition coefficient (Wildman–Crippen LogP) is 2.02. The minimum atomic E-state index is -1.38. The Morgan fingerprint density at radius 3 is 2.60 bits per heavy atom. The molecule has 78 valence electrons. The molecule has 0 aliphatic rings. The summed E-state index contributed by atoms with van der Waals surface area (Å²) < 4.78 is 0. The number of hydrogen-bond donors (Lipinski definition) is 2. The lowest BCUT2D eigenvalue weighted by Gasteiger charge is -2.00. The first-order valence-electron chi connectivity index (χ1n) is 4.10. The molecule has 0 atom stereocenters. The molecule has 1 rings (SSSR count). The summed E-state index contributed by atoms with van der Waals surface area (Å²) in [4.78, 5) is 21.8. The summed E-state index contributed by atoms with van der Waals surface area (Å²) in [5, 5.41) is 15.9. The molecule has 0 amide bonds. The Balaban J connectivity index is 2.78. The van der Waals surface area contributed by atoms with Gasteiger partial charge in [-0.15, -0.1) is 0 Å². The van der Waals surface area contributed by atoms with Crippen molar-refractivity contribution in [2.24, 2.45) is 0 Å². The smallest absolute Gasteiger partial charge is 0.349 e. The summed E-state index contributed by atoms with van der Waals surface area (Å²) in [6.07, 6.45) is -0.421. The maximum absolute atomic E-state index is 11.4. The highest BCUT2D eigenvalue weighted by Gasteiger charge is 2.14. The van der Waals surface area contributed by atoms with Gasteiger partial charge < -0.3 is 5.11 Å². The molecule has 0 aliphatic carbocycles. The van der Waals surface area contributed by atoms with Gasteiger partial charge >= 0.3 is 5.97 Å². The molecule has 0 aliphatic heterocycles. The van der Waals surface area contributed by atoms with E-state index in [4.69, 9.17) is 22.1 Å². The van der Waals surface area contributed by atoms with Gasteiger partial charge in [0.1, 0.15) is 5.71 Å². The second-order valence-corrected chi connectivity index (χ2v) is 3.33. The molecule has 0 heterocycles. The number of carboxylic acid groups (broad SMARTS) is 1. The Morgan fingerprint density at radius 2 is 2.07 bits per heavy atom. The zero-order valence-corrected chi connectivity index (χ0v) is 8.41. The van der Waals surface area contributed by atoms with Crippen LogP contribution in [0.25, 0.3) is 0 Å². The molecular weight excluding hydrogens is 218 g/mol. The van der Waals surface area contributed by atoms with Crippen LogP contribution in [-0.4, -0.2) is 22.6 Å². The maximum atomic E-state index is 11.4. The first kappa shape index (κ1) is 11.4. The quantitative estimate of drug-likeness (QED) is 0.608. The number of aliphatic carboxylic acids is 1. The number of carbonyl (C=O) groups excluding carboxylic acids is 1. The molecule has 0 fully saturated rings. The van der Waals surface area contributed by atoms with E-state index in [9.17, 15) is 9.59 Å². The number of rotatable bonds is 4. The summed E-state index contributed by atoms with van der Waals surface area (Å²) in [5.74, 6) is -1.81.